The van der Waals surface area contributed by atoms with Gasteiger partial charge in [-0.05, 0) is 18.1 Å². The lowest BCUT2D eigenvalue weighted by molar-refractivity contribution is -0.136. The van der Waals surface area contributed by atoms with Crippen molar-refractivity contribution >= 4 is 12.0 Å². The summed E-state index contributed by atoms with van der Waals surface area (Å²) in [5.41, 5.74) is 7.87. The van der Waals surface area contributed by atoms with E-state index in [2.05, 4.69) is 4.98 Å². The minimum Gasteiger partial charge on any atom is -0.481 e. The predicted molar refractivity (Wildman–Crippen MR) is 62.3 cm³/mol. The van der Waals surface area contributed by atoms with Gasteiger partial charge in [0.2, 0.25) is 0 Å². The molecule has 17 heavy (non-hydrogen) atoms. The number of carboxylic acid groups (broad SMARTS) is 1. The van der Waals surface area contributed by atoms with E-state index in [9.17, 15) is 4.79 Å². The number of aromatic nitrogens is 1. The third kappa shape index (κ3) is 2.84. The first-order chi connectivity index (χ1) is 8.15. The van der Waals surface area contributed by atoms with Gasteiger partial charge in [-0.3, -0.25) is 4.79 Å². The minimum atomic E-state index is -0.805. The number of anilines is 1. The van der Waals surface area contributed by atoms with Gasteiger partial charge in [0.15, 0.2) is 0 Å². The fourth-order valence-corrected chi connectivity index (χ4v) is 1.56. The predicted octanol–water partition coefficient (Wildman–Crippen LogP) is 1.94. The van der Waals surface area contributed by atoms with Crippen molar-refractivity contribution < 1.29 is 14.3 Å². The monoisotopic (exact) mass is 232 g/mol. The molecule has 0 unspecified atom stereocenters. The lowest BCUT2D eigenvalue weighted by atomic mass is 10.1. The number of nitrogens with zero attached hydrogens (tertiary/aromatic N) is 1. The van der Waals surface area contributed by atoms with Crippen LogP contribution in [0.2, 0.25) is 0 Å². The van der Waals surface area contributed by atoms with Crippen LogP contribution >= 0.6 is 0 Å². The van der Waals surface area contributed by atoms with Gasteiger partial charge >= 0.3 is 5.97 Å². The highest BCUT2D eigenvalue weighted by molar-refractivity contribution is 5.67. The molecule has 2 aromatic rings. The largest absolute Gasteiger partial charge is 0.481 e. The lowest BCUT2D eigenvalue weighted by Crippen LogP contribution is -1.97. The van der Waals surface area contributed by atoms with E-state index >= 15 is 0 Å². The first-order valence-corrected chi connectivity index (χ1v) is 5.17. The highest BCUT2D eigenvalue weighted by Crippen LogP contribution is 2.21. The molecule has 0 aliphatic carbocycles. The molecule has 0 spiro atoms. The quantitative estimate of drug-likeness (QED) is 0.840. The van der Waals surface area contributed by atoms with E-state index in [-0.39, 0.29) is 12.4 Å². The Labute approximate surface area is 97.9 Å². The molecule has 1 heterocycles. The van der Waals surface area contributed by atoms with Crippen molar-refractivity contribution in [2.45, 2.75) is 12.8 Å². The zero-order valence-corrected chi connectivity index (χ0v) is 9.09. The zero-order valence-electron chi connectivity index (χ0n) is 9.09. The molecular weight excluding hydrogens is 220 g/mol. The van der Waals surface area contributed by atoms with E-state index in [1.165, 1.54) is 6.26 Å². The smallest absolute Gasteiger partial charge is 0.303 e. The number of carbonyl (C=O) groups is 1. The SMILES string of the molecule is Nc1nc(-c2cccc(CCC(=O)O)c2)co1. The molecule has 0 bridgehead atoms. The van der Waals surface area contributed by atoms with E-state index in [0.29, 0.717) is 12.1 Å². The minimum absolute atomic E-state index is 0.115. The van der Waals surface area contributed by atoms with Crippen molar-refractivity contribution in [3.8, 4) is 11.3 Å². The van der Waals surface area contributed by atoms with Gasteiger partial charge in [0.1, 0.15) is 12.0 Å². The van der Waals surface area contributed by atoms with E-state index < -0.39 is 5.97 Å². The molecule has 5 heteroatoms. The highest BCUT2D eigenvalue weighted by Gasteiger charge is 2.05. The molecular formula is C12H12N2O3. The van der Waals surface area contributed by atoms with Crippen molar-refractivity contribution in [1.82, 2.24) is 4.98 Å². The number of nitrogens with two attached hydrogens (primary N) is 1. The second-order valence-corrected chi connectivity index (χ2v) is 3.67. The number of aliphatic carboxylic acids is 1. The van der Waals surface area contributed by atoms with Gasteiger partial charge in [-0.2, -0.15) is 4.98 Å². The van der Waals surface area contributed by atoms with Gasteiger partial charge in [0.05, 0.1) is 0 Å². The Kier molecular flexibility index (Phi) is 3.09. The van der Waals surface area contributed by atoms with Gasteiger partial charge < -0.3 is 15.3 Å². The number of oxazole rings is 1. The standard InChI is InChI=1S/C12H12N2O3/c13-12-14-10(7-17-12)9-3-1-2-8(6-9)4-5-11(15)16/h1-3,6-7H,4-5H2,(H2,13,14)(H,15,16). The van der Waals surface area contributed by atoms with Gasteiger partial charge in [-0.15, -0.1) is 0 Å². The van der Waals surface area contributed by atoms with Crippen LogP contribution < -0.4 is 5.73 Å². The Bertz CT molecular complexity index is 534. The van der Waals surface area contributed by atoms with Gasteiger partial charge in [-0.1, -0.05) is 18.2 Å². The van der Waals surface area contributed by atoms with Crippen LogP contribution in [0.15, 0.2) is 34.9 Å². The molecule has 0 aliphatic heterocycles. The summed E-state index contributed by atoms with van der Waals surface area (Å²) in [7, 11) is 0. The molecule has 88 valence electrons. The average molecular weight is 232 g/mol. The van der Waals surface area contributed by atoms with Gasteiger partial charge in [0, 0.05) is 12.0 Å². The van der Waals surface area contributed by atoms with Gasteiger partial charge in [-0.25, -0.2) is 0 Å². The molecule has 0 radical (unpaired) electrons. The average Bonchev–Trinajstić information content (AvgIpc) is 2.74. The van der Waals surface area contributed by atoms with Crippen molar-refractivity contribution in [3.63, 3.8) is 0 Å². The maximum absolute atomic E-state index is 10.5. The number of nitrogen functional groups attached to an aromatic ring is 1. The van der Waals surface area contributed by atoms with Crippen LogP contribution in [-0.4, -0.2) is 16.1 Å². The van der Waals surface area contributed by atoms with Crippen molar-refractivity contribution in [2.75, 3.05) is 5.73 Å². The summed E-state index contributed by atoms with van der Waals surface area (Å²) in [4.78, 5) is 14.5. The number of hydrogen-bond acceptors (Lipinski definition) is 4. The molecule has 0 saturated heterocycles. The fourth-order valence-electron chi connectivity index (χ4n) is 1.56. The van der Waals surface area contributed by atoms with Crippen molar-refractivity contribution in [3.05, 3.63) is 36.1 Å². The third-order valence-corrected chi connectivity index (χ3v) is 2.37. The van der Waals surface area contributed by atoms with E-state index in [0.717, 1.165) is 11.1 Å². The topological polar surface area (TPSA) is 89.3 Å². The van der Waals surface area contributed by atoms with Crippen LogP contribution in [0.4, 0.5) is 6.01 Å². The summed E-state index contributed by atoms with van der Waals surface area (Å²) in [5, 5.41) is 8.62. The maximum Gasteiger partial charge on any atom is 0.303 e. The van der Waals surface area contributed by atoms with Crippen LogP contribution in [0.5, 0.6) is 0 Å². The second-order valence-electron chi connectivity index (χ2n) is 3.67. The summed E-state index contributed by atoms with van der Waals surface area (Å²) in [6.07, 6.45) is 2.09. The van der Waals surface area contributed by atoms with E-state index in [4.69, 9.17) is 15.3 Å². The Morgan fingerprint density at radius 1 is 1.47 bits per heavy atom. The van der Waals surface area contributed by atoms with E-state index in [1.54, 1.807) is 0 Å². The summed E-state index contributed by atoms with van der Waals surface area (Å²) in [5.74, 6) is -0.805. The molecule has 0 aliphatic rings. The van der Waals surface area contributed by atoms with Crippen LogP contribution in [0.25, 0.3) is 11.3 Å². The molecule has 0 amide bonds. The second kappa shape index (κ2) is 4.69. The van der Waals surface area contributed by atoms with Crippen molar-refractivity contribution in [2.24, 2.45) is 0 Å². The molecule has 0 fully saturated rings. The molecule has 1 aromatic heterocycles. The molecule has 1 aromatic carbocycles. The number of aryl methyl sites for hydroxylation is 1. The van der Waals surface area contributed by atoms with Crippen LogP contribution in [-0.2, 0) is 11.2 Å². The Morgan fingerprint density at radius 2 is 2.29 bits per heavy atom. The third-order valence-electron chi connectivity index (χ3n) is 2.37. The first-order valence-electron chi connectivity index (χ1n) is 5.17. The van der Waals surface area contributed by atoms with Crippen LogP contribution in [0, 0.1) is 0 Å². The maximum atomic E-state index is 10.5. The Hall–Kier alpha value is -2.30. The number of hydrogen-bond donors (Lipinski definition) is 2. The number of carboxylic acids is 1. The molecule has 0 saturated carbocycles. The summed E-state index contributed by atoms with van der Waals surface area (Å²) < 4.78 is 4.93. The summed E-state index contributed by atoms with van der Waals surface area (Å²) >= 11 is 0. The fraction of sp³-hybridized carbons (Fsp3) is 0.167. The zero-order chi connectivity index (χ0) is 12.3. The summed E-state index contributed by atoms with van der Waals surface area (Å²) in [6.45, 7) is 0. The number of rotatable bonds is 4. The van der Waals surface area contributed by atoms with Crippen LogP contribution in [0.3, 0.4) is 0 Å². The highest BCUT2D eigenvalue weighted by atomic mass is 16.4. The molecule has 5 nitrogen and oxygen atoms in total. The van der Waals surface area contributed by atoms with Gasteiger partial charge in [0.25, 0.3) is 6.01 Å². The Balaban J connectivity index is 2.19. The van der Waals surface area contributed by atoms with E-state index in [1.807, 2.05) is 24.3 Å². The van der Waals surface area contributed by atoms with Crippen LogP contribution in [0.1, 0.15) is 12.0 Å². The van der Waals surface area contributed by atoms with Crippen molar-refractivity contribution in [1.29, 1.82) is 0 Å². The molecule has 3 N–H and O–H groups in total. The molecule has 0 atom stereocenters. The number of benzene rings is 1. The summed E-state index contributed by atoms with van der Waals surface area (Å²) in [6, 6.07) is 7.63. The first kappa shape index (κ1) is 11.2. The molecule has 2 rings (SSSR count). The lowest BCUT2D eigenvalue weighted by Gasteiger charge is -2.01. The normalized spacial score (nSPS) is 10.4. The Morgan fingerprint density at radius 3 is 2.94 bits per heavy atom.